The van der Waals surface area contributed by atoms with Gasteiger partial charge in [-0.2, -0.15) is 0 Å². The molecule has 1 fully saturated rings. The Morgan fingerprint density at radius 3 is 1.96 bits per heavy atom. The summed E-state index contributed by atoms with van der Waals surface area (Å²) in [6, 6.07) is 3.81. The van der Waals surface area contributed by atoms with Gasteiger partial charge in [0.1, 0.15) is 36.1 Å². The number of hydrogen-bond donors (Lipinski definition) is 7. The number of phenolic OH excluding ortho intramolecular Hbond substituents is 2. The van der Waals surface area contributed by atoms with Crippen LogP contribution in [0.2, 0.25) is 0 Å². The second kappa shape index (κ2) is 33.7. The quantitative estimate of drug-likeness (QED) is 0.0121. The van der Waals surface area contributed by atoms with Gasteiger partial charge in [-0.05, 0) is 45.2 Å². The second-order valence-corrected chi connectivity index (χ2v) is 23.1. The van der Waals surface area contributed by atoms with Crippen LogP contribution in [0.25, 0.3) is 0 Å². The van der Waals surface area contributed by atoms with E-state index in [-0.39, 0.29) is 60.5 Å². The number of carbonyl (C=O) groups excluding carboxylic acids is 5. The third-order valence-corrected chi connectivity index (χ3v) is 16.3. The number of nitrogens with one attached hydrogen (secondary N) is 1. The molecule has 0 amide bonds. The van der Waals surface area contributed by atoms with Crippen LogP contribution < -0.4 is 10.1 Å². The van der Waals surface area contributed by atoms with E-state index in [4.69, 9.17) is 32.7 Å². The van der Waals surface area contributed by atoms with Gasteiger partial charge >= 0.3 is 19.8 Å². The standard InChI is InChI=1S/C59H90NO19P/c1-5-7-8-9-10-11-12-13-14-15-16-17-20-23-29-47(63)74-37-40(38-76-80(71,72)75-32-6-2)78-48(64)30-24-21-18-19-22-25-31-60-43-33-49(77-39(3)54(43)65)79-45-35-59(70,46(62)36-61)34-42-51(45)58(69)53-52(56(42)67)55(66)41-27-26-28-44(73-4)50(41)57(53)68/h26-28,39-40,43,45,49,54,60-61,65,67,69-70H,5-25,29-38H2,1-4H3,(H,71,72)/t39-,40?,43-,45-,49-,54+,59-/m0/s1. The predicted molar refractivity (Wildman–Crippen MR) is 296 cm³/mol. The van der Waals surface area contributed by atoms with Crippen LogP contribution >= 0.6 is 7.82 Å². The summed E-state index contributed by atoms with van der Waals surface area (Å²) >= 11 is 0. The van der Waals surface area contributed by atoms with Crippen molar-refractivity contribution >= 4 is 37.1 Å². The molecule has 2 aromatic rings. The number of esters is 2. The van der Waals surface area contributed by atoms with Crippen molar-refractivity contribution in [3.05, 3.63) is 51.6 Å². The Morgan fingerprint density at radius 1 is 0.775 bits per heavy atom. The minimum Gasteiger partial charge on any atom is -0.507 e. The van der Waals surface area contributed by atoms with E-state index in [1.165, 1.54) is 89.5 Å². The Morgan fingerprint density at radius 2 is 1.36 bits per heavy atom. The van der Waals surface area contributed by atoms with E-state index in [9.17, 15) is 59.0 Å². The molecule has 8 atom stereocenters. The van der Waals surface area contributed by atoms with Crippen molar-refractivity contribution in [3.8, 4) is 17.2 Å². The minimum atomic E-state index is -4.42. The number of benzene rings is 2. The molecule has 20 nitrogen and oxygen atoms in total. The summed E-state index contributed by atoms with van der Waals surface area (Å²) in [6.45, 7) is 4.27. The summed E-state index contributed by atoms with van der Waals surface area (Å²) in [5.74, 6) is -4.92. The third-order valence-electron chi connectivity index (χ3n) is 15.3. The molecule has 0 radical (unpaired) electrons. The summed E-state index contributed by atoms with van der Waals surface area (Å²) in [5.41, 5.74) is -3.84. The van der Waals surface area contributed by atoms with Crippen molar-refractivity contribution in [2.75, 3.05) is 40.1 Å². The maximum Gasteiger partial charge on any atom is 0.472 e. The first-order valence-electron chi connectivity index (χ1n) is 29.3. The molecule has 450 valence electrons. The first-order chi connectivity index (χ1) is 38.4. The average molecular weight is 1150 g/mol. The van der Waals surface area contributed by atoms with Crippen LogP contribution in [-0.2, 0) is 53.4 Å². The van der Waals surface area contributed by atoms with Gasteiger partial charge in [-0.15, -0.1) is 0 Å². The van der Waals surface area contributed by atoms with E-state index in [0.717, 1.165) is 51.4 Å². The maximum atomic E-state index is 14.0. The number of methoxy groups -OCH3 is 1. The number of unbranched alkanes of at least 4 members (excludes halogenated alkanes) is 18. The molecule has 2 unspecified atom stereocenters. The molecule has 2 aromatic carbocycles. The highest BCUT2D eigenvalue weighted by molar-refractivity contribution is 7.47. The van der Waals surface area contributed by atoms with Crippen LogP contribution in [0, 0.1) is 0 Å². The lowest BCUT2D eigenvalue weighted by molar-refractivity contribution is -0.249. The van der Waals surface area contributed by atoms with Crippen molar-refractivity contribution in [1.29, 1.82) is 0 Å². The number of aromatic hydroxyl groups is 2. The topological polar surface area (TPSA) is 300 Å². The van der Waals surface area contributed by atoms with Crippen LogP contribution in [-0.4, -0.2) is 136 Å². The molecule has 7 N–H and O–H groups in total. The molecule has 1 heterocycles. The number of ketones is 3. The number of aliphatic hydroxyl groups is 3. The summed E-state index contributed by atoms with van der Waals surface area (Å²) in [6.07, 6.45) is 15.5. The van der Waals surface area contributed by atoms with Gasteiger partial charge in [0.2, 0.25) is 5.78 Å². The van der Waals surface area contributed by atoms with Gasteiger partial charge in [0.05, 0.1) is 55.3 Å². The summed E-state index contributed by atoms with van der Waals surface area (Å²) < 4.78 is 51.1. The lowest BCUT2D eigenvalue weighted by atomic mass is 9.72. The molecule has 80 heavy (non-hydrogen) atoms. The fourth-order valence-corrected chi connectivity index (χ4v) is 11.7. The van der Waals surface area contributed by atoms with Gasteiger partial charge in [-0.3, -0.25) is 33.0 Å². The molecule has 0 bridgehead atoms. The number of aliphatic hydroxyl groups excluding tert-OH is 2. The number of fused-ring (bicyclic) bond motifs is 3. The van der Waals surface area contributed by atoms with Crippen molar-refractivity contribution in [2.45, 2.75) is 230 Å². The van der Waals surface area contributed by atoms with Crippen LogP contribution in [0.3, 0.4) is 0 Å². The first kappa shape index (κ1) is 66.5. The summed E-state index contributed by atoms with van der Waals surface area (Å²) in [5, 5.41) is 59.6. The number of phosphoric acid groups is 1. The molecular formula is C59H90NO19P. The van der Waals surface area contributed by atoms with Gasteiger partial charge in [0.15, 0.2) is 24.0 Å². The first-order valence-corrected chi connectivity index (χ1v) is 30.8. The maximum absolute atomic E-state index is 14.0. The summed E-state index contributed by atoms with van der Waals surface area (Å²) in [7, 11) is -3.10. The largest absolute Gasteiger partial charge is 0.507 e. The van der Waals surface area contributed by atoms with E-state index >= 15 is 0 Å². The second-order valence-electron chi connectivity index (χ2n) is 21.7. The number of phenols is 2. The van der Waals surface area contributed by atoms with Crippen LogP contribution in [0.4, 0.5) is 0 Å². The van der Waals surface area contributed by atoms with Gasteiger partial charge in [-0.25, -0.2) is 4.57 Å². The highest BCUT2D eigenvalue weighted by Crippen LogP contribution is 2.53. The van der Waals surface area contributed by atoms with Crippen molar-refractivity contribution in [1.82, 2.24) is 5.32 Å². The minimum absolute atomic E-state index is 0.00419. The zero-order valence-electron chi connectivity index (χ0n) is 47.6. The number of Topliss-reactive ketones (excluding diaryl/α,β-unsaturated/α-hetero) is 1. The molecule has 1 aliphatic heterocycles. The van der Waals surface area contributed by atoms with E-state index < -0.39 is 128 Å². The average Bonchev–Trinajstić information content (AvgIpc) is 3.56. The highest BCUT2D eigenvalue weighted by Gasteiger charge is 2.50. The highest BCUT2D eigenvalue weighted by atomic mass is 31.2. The van der Waals surface area contributed by atoms with Gasteiger partial charge in [0.25, 0.3) is 0 Å². The Hall–Kier alpha value is -4.34. The van der Waals surface area contributed by atoms with Crippen molar-refractivity contribution < 1.29 is 91.7 Å². The number of phosphoric ester groups is 1. The third kappa shape index (κ3) is 19.4. The molecule has 5 rings (SSSR count). The van der Waals surface area contributed by atoms with E-state index in [1.807, 2.05) is 0 Å². The van der Waals surface area contributed by atoms with Crippen LogP contribution in [0.5, 0.6) is 17.2 Å². The molecule has 3 aliphatic rings. The molecule has 0 aromatic heterocycles. The Bertz CT molecular complexity index is 2380. The lowest BCUT2D eigenvalue weighted by Crippen LogP contribution is -2.54. The van der Waals surface area contributed by atoms with E-state index in [0.29, 0.717) is 25.8 Å². The predicted octanol–water partition coefficient (Wildman–Crippen LogP) is 9.23. The Labute approximate surface area is 471 Å². The van der Waals surface area contributed by atoms with Crippen molar-refractivity contribution in [3.63, 3.8) is 0 Å². The zero-order valence-corrected chi connectivity index (χ0v) is 48.4. The smallest absolute Gasteiger partial charge is 0.472 e. The van der Waals surface area contributed by atoms with E-state index in [1.54, 1.807) is 13.8 Å². The number of ether oxygens (including phenoxy) is 5. The number of hydrogen-bond acceptors (Lipinski definition) is 19. The molecular weight excluding hydrogens is 1060 g/mol. The molecule has 0 spiro atoms. The number of carbonyl (C=O) groups is 5. The Balaban J connectivity index is 1.04. The Kier molecular flexibility index (Phi) is 28.0. The number of rotatable bonds is 39. The van der Waals surface area contributed by atoms with Crippen LogP contribution in [0.1, 0.15) is 230 Å². The van der Waals surface area contributed by atoms with Gasteiger partial charge in [0, 0.05) is 54.8 Å². The van der Waals surface area contributed by atoms with Crippen LogP contribution in [0.15, 0.2) is 18.2 Å². The zero-order chi connectivity index (χ0) is 58.2. The fourth-order valence-electron chi connectivity index (χ4n) is 10.8. The summed E-state index contributed by atoms with van der Waals surface area (Å²) in [4.78, 5) is 76.5. The lowest BCUT2D eigenvalue weighted by Gasteiger charge is -2.43. The fraction of sp³-hybridized carbons (Fsp3) is 0.712. The SMILES string of the molecule is CCCCCCCCCCCCCCCCC(=O)OCC(COP(=O)(O)OCCC)OC(=O)CCCCCCCCN[C@H]1C[C@H](O[C@H]2C[C@](O)(C(=O)CO)Cc3c(O)c4c(c(O)c32)C(=O)c2c(OC)cccc2C4=O)O[C@@H](C)[C@H]1O. The van der Waals surface area contributed by atoms with Crippen molar-refractivity contribution in [2.24, 2.45) is 0 Å². The van der Waals surface area contributed by atoms with Gasteiger partial charge in [-0.1, -0.05) is 135 Å². The molecule has 1 saturated heterocycles. The van der Waals surface area contributed by atoms with Gasteiger partial charge < -0.3 is 59.4 Å². The molecule has 2 aliphatic carbocycles. The van der Waals surface area contributed by atoms with E-state index in [2.05, 4.69) is 12.2 Å². The molecule has 0 saturated carbocycles. The monoisotopic (exact) mass is 1150 g/mol. The molecule has 21 heteroatoms. The normalized spacial score (nSPS) is 21.7.